The summed E-state index contributed by atoms with van der Waals surface area (Å²) < 4.78 is 5.70. The number of fused-ring (bicyclic) bond motifs is 5. The van der Waals surface area contributed by atoms with E-state index in [0.29, 0.717) is 17.3 Å². The van der Waals surface area contributed by atoms with Crippen molar-refractivity contribution in [3.63, 3.8) is 0 Å². The number of nitrogens with one attached hydrogen (secondary N) is 1. The van der Waals surface area contributed by atoms with Gasteiger partial charge in [-0.25, -0.2) is 0 Å². The van der Waals surface area contributed by atoms with E-state index >= 15 is 0 Å². The number of hydrogen-bond donors (Lipinski definition) is 3. The summed E-state index contributed by atoms with van der Waals surface area (Å²) in [6, 6.07) is 0. The molecule has 4 rings (SSSR count). The van der Waals surface area contributed by atoms with Crippen molar-refractivity contribution in [2.24, 2.45) is 40.2 Å². The Bertz CT molecular complexity index is 695. The van der Waals surface area contributed by atoms with Crippen molar-refractivity contribution in [1.82, 2.24) is 5.32 Å². The number of hydrogen-bond acceptors (Lipinski definition) is 5. The van der Waals surface area contributed by atoms with Crippen LogP contribution in [-0.4, -0.2) is 41.8 Å². The maximum absolute atomic E-state index is 12.1. The van der Waals surface area contributed by atoms with Gasteiger partial charge in [0.1, 0.15) is 12.6 Å². The predicted molar refractivity (Wildman–Crippen MR) is 114 cm³/mol. The van der Waals surface area contributed by atoms with Crippen LogP contribution in [-0.2, 0) is 14.3 Å². The molecule has 0 spiro atoms. The molecular weight excluding hydrogens is 380 g/mol. The zero-order chi connectivity index (χ0) is 21.7. The minimum absolute atomic E-state index is 0.0389. The van der Waals surface area contributed by atoms with Gasteiger partial charge >= 0.3 is 5.97 Å². The summed E-state index contributed by atoms with van der Waals surface area (Å²) in [5, 5.41) is 13.6. The minimum Gasteiger partial charge on any atom is -0.461 e. The second-order valence-electron chi connectivity index (χ2n) is 11.3. The molecule has 3 unspecified atom stereocenters. The van der Waals surface area contributed by atoms with Crippen LogP contribution in [0.5, 0.6) is 0 Å². The first-order valence-corrected chi connectivity index (χ1v) is 12.0. The second kappa shape index (κ2) is 7.77. The van der Waals surface area contributed by atoms with Gasteiger partial charge < -0.3 is 20.9 Å². The van der Waals surface area contributed by atoms with Gasteiger partial charge in [0.15, 0.2) is 0 Å². The molecule has 170 valence electrons. The molecule has 1 amide bonds. The number of aliphatic hydroxyl groups is 1. The maximum Gasteiger partial charge on any atom is 0.325 e. The Hall–Kier alpha value is -1.14. The number of amides is 1. The highest BCUT2D eigenvalue weighted by Gasteiger charge is 2.63. The molecule has 6 nitrogen and oxygen atoms in total. The van der Waals surface area contributed by atoms with Gasteiger partial charge in [-0.3, -0.25) is 9.59 Å². The van der Waals surface area contributed by atoms with Crippen LogP contribution in [0.4, 0.5) is 0 Å². The van der Waals surface area contributed by atoms with Crippen LogP contribution in [0.15, 0.2) is 0 Å². The molecule has 0 radical (unpaired) electrons. The molecule has 4 aliphatic rings. The molecule has 4 fully saturated rings. The van der Waals surface area contributed by atoms with Crippen LogP contribution in [0.3, 0.4) is 0 Å². The number of carbonyl (C=O) groups excluding carboxylic acids is 2. The Morgan fingerprint density at radius 3 is 2.50 bits per heavy atom. The molecule has 4 saturated carbocycles. The zero-order valence-corrected chi connectivity index (χ0v) is 18.9. The second-order valence-corrected chi connectivity index (χ2v) is 11.3. The average molecular weight is 421 g/mol. The van der Waals surface area contributed by atoms with E-state index in [9.17, 15) is 14.7 Å². The molecule has 0 aromatic carbocycles. The zero-order valence-electron chi connectivity index (χ0n) is 18.9. The van der Waals surface area contributed by atoms with Crippen molar-refractivity contribution in [2.75, 3.05) is 13.1 Å². The van der Waals surface area contributed by atoms with Crippen molar-refractivity contribution in [1.29, 1.82) is 0 Å². The van der Waals surface area contributed by atoms with Gasteiger partial charge in [0.05, 0.1) is 12.1 Å². The van der Waals surface area contributed by atoms with E-state index < -0.39 is 5.60 Å². The average Bonchev–Trinajstić information content (AvgIpc) is 2.95. The molecule has 0 aliphatic heterocycles. The Morgan fingerprint density at radius 1 is 1.03 bits per heavy atom. The van der Waals surface area contributed by atoms with Crippen molar-refractivity contribution in [3.8, 4) is 0 Å². The summed E-state index contributed by atoms with van der Waals surface area (Å²) in [4.78, 5) is 23.4. The molecule has 30 heavy (non-hydrogen) atoms. The van der Waals surface area contributed by atoms with E-state index in [1.54, 1.807) is 0 Å². The summed E-state index contributed by atoms with van der Waals surface area (Å²) in [6.07, 6.45) is 9.82. The van der Waals surface area contributed by atoms with Crippen LogP contribution >= 0.6 is 0 Å². The first-order valence-electron chi connectivity index (χ1n) is 12.0. The summed E-state index contributed by atoms with van der Waals surface area (Å²) in [6.45, 7) is 6.68. The highest BCUT2D eigenvalue weighted by Crippen LogP contribution is 2.68. The molecule has 0 aromatic heterocycles. The lowest BCUT2D eigenvalue weighted by Gasteiger charge is -2.61. The number of ether oxygens (including phenoxy) is 1. The van der Waals surface area contributed by atoms with Crippen molar-refractivity contribution < 1.29 is 19.4 Å². The predicted octanol–water partition coefficient (Wildman–Crippen LogP) is 2.77. The van der Waals surface area contributed by atoms with Gasteiger partial charge in [0.2, 0.25) is 5.91 Å². The lowest BCUT2D eigenvalue weighted by Crippen LogP contribution is -2.56. The Morgan fingerprint density at radius 2 is 1.77 bits per heavy atom. The maximum atomic E-state index is 12.1. The topological polar surface area (TPSA) is 102 Å². The molecule has 4 N–H and O–H groups in total. The lowest BCUT2D eigenvalue weighted by molar-refractivity contribution is -0.168. The molecule has 0 aromatic rings. The highest BCUT2D eigenvalue weighted by molar-refractivity contribution is 5.83. The highest BCUT2D eigenvalue weighted by atomic mass is 16.5. The van der Waals surface area contributed by atoms with Gasteiger partial charge in [-0.05, 0) is 99.2 Å². The molecule has 6 heteroatoms. The summed E-state index contributed by atoms with van der Waals surface area (Å²) in [7, 11) is 0. The third-order valence-electron chi connectivity index (χ3n) is 10.1. The monoisotopic (exact) mass is 420 g/mol. The normalized spacial score (nSPS) is 47.6. The van der Waals surface area contributed by atoms with Gasteiger partial charge in [-0.2, -0.15) is 0 Å². The van der Waals surface area contributed by atoms with Gasteiger partial charge in [-0.15, -0.1) is 0 Å². The standard InChI is InChI=1S/C24H40N2O4/c1-22-9-6-16(30-21(28)14-26-20(27)13-25)12-15(22)4-5-17-18(22)7-10-23(2)19(17)8-11-24(23,3)29/h15-19,29H,4-14,25H2,1-3H3,(H,26,27)/t15-,16-,17?,18?,19?,22-,23-,24-/m0/s1. The molecular formula is C24H40N2O4. The van der Waals surface area contributed by atoms with Crippen LogP contribution in [0.25, 0.3) is 0 Å². The summed E-state index contributed by atoms with van der Waals surface area (Å²) in [5.74, 6) is 1.99. The third-order valence-corrected chi connectivity index (χ3v) is 10.1. The van der Waals surface area contributed by atoms with Crippen molar-refractivity contribution >= 4 is 11.9 Å². The van der Waals surface area contributed by atoms with Gasteiger partial charge in [0, 0.05) is 0 Å². The van der Waals surface area contributed by atoms with E-state index in [0.717, 1.165) is 43.9 Å². The van der Waals surface area contributed by atoms with Crippen LogP contribution in [0.2, 0.25) is 0 Å². The van der Waals surface area contributed by atoms with E-state index in [2.05, 4.69) is 26.1 Å². The number of esters is 1. The molecule has 0 saturated heterocycles. The first-order chi connectivity index (χ1) is 14.1. The van der Waals surface area contributed by atoms with Crippen LogP contribution in [0.1, 0.15) is 78.6 Å². The Labute approximate surface area is 180 Å². The lowest BCUT2D eigenvalue weighted by atomic mass is 9.44. The Balaban J connectivity index is 1.39. The Kier molecular flexibility index (Phi) is 5.72. The molecule has 0 bridgehead atoms. The van der Waals surface area contributed by atoms with Crippen LogP contribution in [0, 0.1) is 34.5 Å². The summed E-state index contributed by atoms with van der Waals surface area (Å²) in [5.41, 5.74) is 5.12. The van der Waals surface area contributed by atoms with E-state index in [-0.39, 0.29) is 36.5 Å². The van der Waals surface area contributed by atoms with Gasteiger partial charge in [0.25, 0.3) is 0 Å². The van der Waals surface area contributed by atoms with Crippen molar-refractivity contribution in [2.45, 2.75) is 90.3 Å². The number of nitrogens with two attached hydrogens (primary N) is 1. The third kappa shape index (κ3) is 3.48. The molecule has 4 aliphatic carbocycles. The largest absolute Gasteiger partial charge is 0.461 e. The smallest absolute Gasteiger partial charge is 0.325 e. The van der Waals surface area contributed by atoms with Gasteiger partial charge in [-0.1, -0.05) is 13.8 Å². The van der Waals surface area contributed by atoms with E-state index in [1.807, 2.05) is 0 Å². The van der Waals surface area contributed by atoms with Crippen LogP contribution < -0.4 is 11.1 Å². The van der Waals surface area contributed by atoms with E-state index in [1.165, 1.54) is 25.7 Å². The fourth-order valence-corrected chi connectivity index (χ4v) is 8.04. The fourth-order valence-electron chi connectivity index (χ4n) is 8.04. The number of rotatable bonds is 4. The van der Waals surface area contributed by atoms with E-state index in [4.69, 9.17) is 10.5 Å². The molecule has 0 heterocycles. The SMILES string of the molecule is C[C@]1(O)CCC2C3CC[C@H]4C[C@@H](OC(=O)CNC(=O)CN)CC[C@]4(C)C3CC[C@@]21C. The summed E-state index contributed by atoms with van der Waals surface area (Å²) >= 11 is 0. The molecule has 8 atom stereocenters. The first kappa shape index (κ1) is 22.1. The minimum atomic E-state index is -0.522. The van der Waals surface area contributed by atoms with Crippen molar-refractivity contribution in [3.05, 3.63) is 0 Å². The fraction of sp³-hybridized carbons (Fsp3) is 0.917. The number of carbonyl (C=O) groups is 2. The quantitative estimate of drug-likeness (QED) is 0.607.